The number of carbonyl (C=O) groups is 2. The first-order valence-electron chi connectivity index (χ1n) is 9.54. The largest absolute Gasteiger partial charge is 0.466 e. The Labute approximate surface area is 164 Å². The fourth-order valence-corrected chi connectivity index (χ4v) is 3.47. The molecule has 1 aliphatic rings. The van der Waals surface area contributed by atoms with Crippen LogP contribution in [0.1, 0.15) is 54.9 Å². The van der Waals surface area contributed by atoms with E-state index in [-0.39, 0.29) is 23.1 Å². The minimum Gasteiger partial charge on any atom is -0.466 e. The van der Waals surface area contributed by atoms with Gasteiger partial charge in [-0.15, -0.1) is 0 Å². The van der Waals surface area contributed by atoms with Gasteiger partial charge in [0.1, 0.15) is 0 Å². The molecule has 1 atom stereocenters. The summed E-state index contributed by atoms with van der Waals surface area (Å²) in [6.45, 7) is 14.5. The van der Waals surface area contributed by atoms with Crippen molar-refractivity contribution in [1.29, 1.82) is 0 Å². The van der Waals surface area contributed by atoms with Crippen LogP contribution in [0.3, 0.4) is 0 Å². The molecule has 27 heavy (non-hydrogen) atoms. The maximum Gasteiger partial charge on any atom is 0.330 e. The van der Waals surface area contributed by atoms with E-state index in [0.29, 0.717) is 5.92 Å². The van der Waals surface area contributed by atoms with Gasteiger partial charge in [-0.05, 0) is 55.2 Å². The van der Waals surface area contributed by atoms with Crippen LogP contribution >= 0.6 is 0 Å². The van der Waals surface area contributed by atoms with Crippen molar-refractivity contribution in [2.45, 2.75) is 54.9 Å². The highest BCUT2D eigenvalue weighted by molar-refractivity contribution is 5.99. The third kappa shape index (κ3) is 6.50. The van der Waals surface area contributed by atoms with E-state index in [4.69, 9.17) is 0 Å². The van der Waals surface area contributed by atoms with Crippen molar-refractivity contribution in [1.82, 2.24) is 0 Å². The van der Waals surface area contributed by atoms with E-state index < -0.39 is 0 Å². The van der Waals surface area contributed by atoms with Crippen LogP contribution in [-0.4, -0.2) is 18.9 Å². The number of carbonyl (C=O) groups excluding carboxylic acids is 2. The summed E-state index contributed by atoms with van der Waals surface area (Å²) in [6.07, 6.45) is 12.2. The van der Waals surface area contributed by atoms with E-state index in [9.17, 15) is 9.59 Å². The van der Waals surface area contributed by atoms with Crippen LogP contribution < -0.4 is 0 Å². The number of methoxy groups -OCH3 is 1. The topological polar surface area (TPSA) is 43.4 Å². The molecule has 3 heteroatoms. The Kier molecular flexibility index (Phi) is 8.20. The first-order chi connectivity index (χ1) is 12.5. The first kappa shape index (κ1) is 22.9. The van der Waals surface area contributed by atoms with E-state index in [1.54, 1.807) is 0 Å². The monoisotopic (exact) mass is 370 g/mol. The lowest BCUT2D eigenvalue weighted by Gasteiger charge is -2.38. The Bertz CT molecular complexity index is 725. The SMILES string of the molecule is COC(=O)C=C(C)C=CC=C(C)C=CC1=C(C)C(=O)C(C(C)C)CC1(C)C. The molecular weight excluding hydrogens is 336 g/mol. The second-order valence-corrected chi connectivity index (χ2v) is 8.36. The Morgan fingerprint density at radius 2 is 1.81 bits per heavy atom. The van der Waals surface area contributed by atoms with Crippen LogP contribution in [0.5, 0.6) is 0 Å². The minimum absolute atomic E-state index is 0.0145. The number of ether oxygens (including phenoxy) is 1. The van der Waals surface area contributed by atoms with Crippen LogP contribution in [0.2, 0.25) is 0 Å². The maximum atomic E-state index is 12.7. The number of Topliss-reactive ketones (excluding diaryl/α,β-unsaturated/α-hetero) is 1. The molecule has 0 saturated heterocycles. The molecule has 0 aliphatic heterocycles. The molecule has 0 spiro atoms. The average molecular weight is 371 g/mol. The number of hydrogen-bond acceptors (Lipinski definition) is 3. The zero-order chi connectivity index (χ0) is 20.8. The van der Waals surface area contributed by atoms with Crippen molar-refractivity contribution in [2.75, 3.05) is 7.11 Å². The summed E-state index contributed by atoms with van der Waals surface area (Å²) in [4.78, 5) is 23.9. The molecule has 0 heterocycles. The van der Waals surface area contributed by atoms with Crippen LogP contribution in [0.15, 0.2) is 58.7 Å². The molecule has 0 aromatic carbocycles. The number of esters is 1. The quantitative estimate of drug-likeness (QED) is 0.339. The van der Waals surface area contributed by atoms with Gasteiger partial charge in [0.15, 0.2) is 5.78 Å². The van der Waals surface area contributed by atoms with Gasteiger partial charge >= 0.3 is 5.97 Å². The number of ketones is 1. The third-order valence-corrected chi connectivity index (χ3v) is 5.15. The number of hydrogen-bond donors (Lipinski definition) is 0. The molecule has 1 rings (SSSR count). The average Bonchev–Trinajstić information content (AvgIpc) is 2.57. The van der Waals surface area contributed by atoms with Gasteiger partial charge in [-0.25, -0.2) is 4.79 Å². The second-order valence-electron chi connectivity index (χ2n) is 8.36. The lowest BCUT2D eigenvalue weighted by molar-refractivity contribution is -0.134. The van der Waals surface area contributed by atoms with Crippen molar-refractivity contribution in [2.24, 2.45) is 17.3 Å². The van der Waals surface area contributed by atoms with Gasteiger partial charge in [-0.3, -0.25) is 4.79 Å². The lowest BCUT2D eigenvalue weighted by atomic mass is 9.65. The summed E-state index contributed by atoms with van der Waals surface area (Å²) in [5.41, 5.74) is 3.91. The fourth-order valence-electron chi connectivity index (χ4n) is 3.47. The van der Waals surface area contributed by atoms with Crippen molar-refractivity contribution < 1.29 is 14.3 Å². The van der Waals surface area contributed by atoms with Crippen LogP contribution in [-0.2, 0) is 14.3 Å². The molecule has 0 radical (unpaired) electrons. The summed E-state index contributed by atoms with van der Waals surface area (Å²) in [7, 11) is 1.36. The maximum absolute atomic E-state index is 12.7. The van der Waals surface area contributed by atoms with Crippen LogP contribution in [0.25, 0.3) is 0 Å². The zero-order valence-corrected chi connectivity index (χ0v) is 18.1. The molecular formula is C24H34O3. The molecule has 3 nitrogen and oxygen atoms in total. The van der Waals surface area contributed by atoms with Crippen molar-refractivity contribution >= 4 is 11.8 Å². The van der Waals surface area contributed by atoms with E-state index >= 15 is 0 Å². The molecule has 0 N–H and O–H groups in total. The minimum atomic E-state index is -0.357. The van der Waals surface area contributed by atoms with Gasteiger partial charge in [0.2, 0.25) is 0 Å². The van der Waals surface area contributed by atoms with E-state index in [1.165, 1.54) is 13.2 Å². The molecule has 0 saturated carbocycles. The molecule has 1 unspecified atom stereocenters. The normalized spacial score (nSPS) is 21.7. The van der Waals surface area contributed by atoms with Gasteiger partial charge in [-0.1, -0.05) is 63.6 Å². The first-order valence-corrected chi connectivity index (χ1v) is 9.54. The van der Waals surface area contributed by atoms with Gasteiger partial charge < -0.3 is 4.74 Å². The Morgan fingerprint density at radius 1 is 1.19 bits per heavy atom. The van der Waals surface area contributed by atoms with Gasteiger partial charge in [-0.2, -0.15) is 0 Å². The predicted octanol–water partition coefficient (Wildman–Crippen LogP) is 5.75. The highest BCUT2D eigenvalue weighted by Gasteiger charge is 2.38. The van der Waals surface area contributed by atoms with E-state index in [2.05, 4.69) is 38.5 Å². The van der Waals surface area contributed by atoms with Crippen molar-refractivity contribution in [3.63, 3.8) is 0 Å². The summed E-state index contributed by atoms with van der Waals surface area (Å²) in [5, 5.41) is 0. The Balaban J connectivity index is 2.98. The number of allylic oxidation sites excluding steroid dienone is 9. The third-order valence-electron chi connectivity index (χ3n) is 5.15. The van der Waals surface area contributed by atoms with Gasteiger partial charge in [0.25, 0.3) is 0 Å². The summed E-state index contributed by atoms with van der Waals surface area (Å²) < 4.78 is 4.61. The smallest absolute Gasteiger partial charge is 0.330 e. The fraction of sp³-hybridized carbons (Fsp3) is 0.500. The summed E-state index contributed by atoms with van der Waals surface area (Å²) >= 11 is 0. The standard InChI is InChI=1S/C24H34O3/c1-16(2)20-15-24(6,7)21(19(5)23(20)26)13-12-17(3)10-9-11-18(4)14-22(25)27-8/h9-14,16,20H,15H2,1-8H3. The zero-order valence-electron chi connectivity index (χ0n) is 18.1. The van der Waals surface area contributed by atoms with Gasteiger partial charge in [0.05, 0.1) is 7.11 Å². The van der Waals surface area contributed by atoms with Crippen molar-refractivity contribution in [3.8, 4) is 0 Å². The van der Waals surface area contributed by atoms with Gasteiger partial charge in [0, 0.05) is 12.0 Å². The molecule has 0 amide bonds. The van der Waals surface area contributed by atoms with E-state index in [1.807, 2.05) is 45.1 Å². The molecule has 0 aromatic rings. The van der Waals surface area contributed by atoms with Crippen LogP contribution in [0, 0.1) is 17.3 Å². The molecule has 148 valence electrons. The van der Waals surface area contributed by atoms with Crippen LogP contribution in [0.4, 0.5) is 0 Å². The van der Waals surface area contributed by atoms with E-state index in [0.717, 1.165) is 28.7 Å². The molecule has 0 fully saturated rings. The Hall–Kier alpha value is -2.16. The Morgan fingerprint density at radius 3 is 2.37 bits per heavy atom. The molecule has 1 aliphatic carbocycles. The molecule has 0 aromatic heterocycles. The van der Waals surface area contributed by atoms with Crippen molar-refractivity contribution in [3.05, 3.63) is 58.7 Å². The highest BCUT2D eigenvalue weighted by Crippen LogP contribution is 2.44. The summed E-state index contributed by atoms with van der Waals surface area (Å²) in [5.74, 6) is 0.407. The lowest BCUT2D eigenvalue weighted by Crippen LogP contribution is -2.34. The predicted molar refractivity (Wildman–Crippen MR) is 112 cm³/mol. The second kappa shape index (κ2) is 9.68. The number of rotatable bonds is 6. The molecule has 0 bridgehead atoms. The summed E-state index contributed by atoms with van der Waals surface area (Å²) in [6, 6.07) is 0. The highest BCUT2D eigenvalue weighted by atomic mass is 16.5.